The summed E-state index contributed by atoms with van der Waals surface area (Å²) in [5.74, 6) is -2.25. The van der Waals surface area contributed by atoms with E-state index in [2.05, 4.69) is 5.32 Å². The van der Waals surface area contributed by atoms with E-state index in [0.717, 1.165) is 12.5 Å². The number of rotatable bonds is 4. The zero-order chi connectivity index (χ0) is 15.4. The Morgan fingerprint density at radius 1 is 1.38 bits per heavy atom. The van der Waals surface area contributed by atoms with Crippen molar-refractivity contribution in [1.29, 1.82) is 0 Å². The average Bonchev–Trinajstić information content (AvgIpc) is 2.88. The molecular weight excluding hydrogens is 282 g/mol. The maximum absolute atomic E-state index is 13.4. The highest BCUT2D eigenvalue weighted by Crippen LogP contribution is 2.22. The summed E-state index contributed by atoms with van der Waals surface area (Å²) in [5, 5.41) is 11.0. The summed E-state index contributed by atoms with van der Waals surface area (Å²) >= 11 is 0. The fourth-order valence-corrected chi connectivity index (χ4v) is 2.37. The number of halogens is 2. The first-order chi connectivity index (χ1) is 9.95. The Morgan fingerprint density at radius 2 is 2.14 bits per heavy atom. The van der Waals surface area contributed by atoms with Crippen LogP contribution in [0.2, 0.25) is 0 Å². The predicted octanol–water partition coefficient (Wildman–Crippen LogP) is 2.68. The van der Waals surface area contributed by atoms with E-state index in [1.807, 2.05) is 0 Å². The molecule has 1 aliphatic heterocycles. The molecule has 21 heavy (non-hydrogen) atoms. The molecule has 1 atom stereocenters. The van der Waals surface area contributed by atoms with Gasteiger partial charge in [-0.1, -0.05) is 0 Å². The van der Waals surface area contributed by atoms with Gasteiger partial charge in [-0.2, -0.15) is 0 Å². The van der Waals surface area contributed by atoms with Gasteiger partial charge in [-0.3, -0.25) is 4.79 Å². The molecule has 0 aliphatic carbocycles. The van der Waals surface area contributed by atoms with Gasteiger partial charge in [0.25, 0.3) is 0 Å². The van der Waals surface area contributed by atoms with Crippen molar-refractivity contribution >= 4 is 17.7 Å². The Balaban J connectivity index is 1.88. The number of hydrogen-bond acceptors (Lipinski definition) is 2. The maximum atomic E-state index is 13.4. The molecule has 1 aliphatic rings. The summed E-state index contributed by atoms with van der Waals surface area (Å²) in [5.41, 5.74) is -0.0737. The van der Waals surface area contributed by atoms with Crippen molar-refractivity contribution < 1.29 is 23.5 Å². The monoisotopic (exact) mass is 298 g/mol. The summed E-state index contributed by atoms with van der Waals surface area (Å²) < 4.78 is 26.2. The number of nitrogens with zero attached hydrogens (tertiary/aromatic N) is 1. The minimum absolute atomic E-state index is 0.0737. The Hall–Kier alpha value is -2.18. The lowest BCUT2D eigenvalue weighted by Crippen LogP contribution is -2.33. The standard InChI is InChI=1S/C14H16F2N2O3/c15-10-2-3-12(11(16)7-10)17-14(21)18-6-5-9(8-18)1-4-13(19)20/h2-3,7,9H,1,4-6,8H2,(H,17,21)(H,19,20). The molecule has 5 nitrogen and oxygen atoms in total. The number of carbonyl (C=O) groups excluding carboxylic acids is 1. The van der Waals surface area contributed by atoms with Gasteiger partial charge in [0.2, 0.25) is 0 Å². The van der Waals surface area contributed by atoms with Gasteiger partial charge in [-0.25, -0.2) is 13.6 Å². The fourth-order valence-electron chi connectivity index (χ4n) is 2.37. The van der Waals surface area contributed by atoms with Crippen LogP contribution in [0.1, 0.15) is 19.3 Å². The molecule has 0 radical (unpaired) electrons. The van der Waals surface area contributed by atoms with Crippen LogP contribution >= 0.6 is 0 Å². The van der Waals surface area contributed by atoms with Crippen molar-refractivity contribution in [1.82, 2.24) is 4.90 Å². The number of likely N-dealkylation sites (tertiary alicyclic amines) is 1. The minimum atomic E-state index is -0.855. The zero-order valence-electron chi connectivity index (χ0n) is 11.3. The smallest absolute Gasteiger partial charge is 0.321 e. The van der Waals surface area contributed by atoms with Gasteiger partial charge in [0.1, 0.15) is 11.6 Å². The molecular formula is C14H16F2N2O3. The maximum Gasteiger partial charge on any atom is 0.321 e. The van der Waals surface area contributed by atoms with E-state index < -0.39 is 23.6 Å². The number of urea groups is 1. The molecule has 1 aromatic rings. The van der Waals surface area contributed by atoms with Crippen LogP contribution in [0.4, 0.5) is 19.3 Å². The van der Waals surface area contributed by atoms with Crippen LogP contribution in [0, 0.1) is 17.6 Å². The third kappa shape index (κ3) is 4.14. The van der Waals surface area contributed by atoms with Crippen LogP contribution in [-0.2, 0) is 4.79 Å². The van der Waals surface area contributed by atoms with Crippen LogP contribution in [-0.4, -0.2) is 35.1 Å². The van der Waals surface area contributed by atoms with E-state index in [0.29, 0.717) is 25.6 Å². The lowest BCUT2D eigenvalue weighted by Gasteiger charge is -2.17. The molecule has 2 rings (SSSR count). The van der Waals surface area contributed by atoms with Crippen molar-refractivity contribution in [3.05, 3.63) is 29.8 Å². The minimum Gasteiger partial charge on any atom is -0.481 e. The number of nitrogens with one attached hydrogen (secondary N) is 1. The highest BCUT2D eigenvalue weighted by atomic mass is 19.1. The number of anilines is 1. The van der Waals surface area contributed by atoms with Crippen LogP contribution in [0.3, 0.4) is 0 Å². The van der Waals surface area contributed by atoms with Gasteiger partial charge >= 0.3 is 12.0 Å². The summed E-state index contributed by atoms with van der Waals surface area (Å²) in [6.45, 7) is 0.945. The van der Waals surface area contributed by atoms with Crippen LogP contribution in [0.15, 0.2) is 18.2 Å². The Morgan fingerprint density at radius 3 is 2.81 bits per heavy atom. The van der Waals surface area contributed by atoms with Crippen LogP contribution < -0.4 is 5.32 Å². The molecule has 1 unspecified atom stereocenters. The molecule has 1 heterocycles. The Kier molecular flexibility index (Phi) is 4.72. The number of amides is 2. The van der Waals surface area contributed by atoms with Gasteiger partial charge in [0, 0.05) is 25.6 Å². The van der Waals surface area contributed by atoms with Crippen molar-refractivity contribution in [2.24, 2.45) is 5.92 Å². The normalized spacial score (nSPS) is 17.8. The van der Waals surface area contributed by atoms with Crippen molar-refractivity contribution in [2.45, 2.75) is 19.3 Å². The SMILES string of the molecule is O=C(O)CCC1CCN(C(=O)Nc2ccc(F)cc2F)C1. The average molecular weight is 298 g/mol. The fraction of sp³-hybridized carbons (Fsp3) is 0.429. The molecule has 1 saturated heterocycles. The van der Waals surface area contributed by atoms with Gasteiger partial charge in [-0.05, 0) is 30.9 Å². The molecule has 2 amide bonds. The third-order valence-corrected chi connectivity index (χ3v) is 3.51. The second-order valence-electron chi connectivity index (χ2n) is 5.09. The first kappa shape index (κ1) is 15.2. The van der Waals surface area contributed by atoms with Gasteiger partial charge in [0.05, 0.1) is 5.69 Å². The predicted molar refractivity (Wildman–Crippen MR) is 71.9 cm³/mol. The quantitative estimate of drug-likeness (QED) is 0.898. The first-order valence-electron chi connectivity index (χ1n) is 6.68. The molecule has 1 aromatic carbocycles. The molecule has 0 spiro atoms. The number of benzene rings is 1. The van der Waals surface area contributed by atoms with Gasteiger partial charge in [-0.15, -0.1) is 0 Å². The summed E-state index contributed by atoms with van der Waals surface area (Å²) in [4.78, 5) is 24.0. The number of carbonyl (C=O) groups is 2. The highest BCUT2D eigenvalue weighted by molar-refractivity contribution is 5.89. The Labute approximate surface area is 120 Å². The first-order valence-corrected chi connectivity index (χ1v) is 6.68. The summed E-state index contributed by atoms with van der Waals surface area (Å²) in [7, 11) is 0. The Bertz CT molecular complexity index is 551. The molecule has 2 N–H and O–H groups in total. The van der Waals surface area contributed by atoms with Crippen LogP contribution in [0.5, 0.6) is 0 Å². The largest absolute Gasteiger partial charge is 0.481 e. The molecule has 114 valence electrons. The number of aliphatic carboxylic acids is 1. The van der Waals surface area contributed by atoms with E-state index >= 15 is 0 Å². The van der Waals surface area contributed by atoms with Crippen molar-refractivity contribution in [2.75, 3.05) is 18.4 Å². The van der Waals surface area contributed by atoms with Crippen molar-refractivity contribution in [3.63, 3.8) is 0 Å². The van der Waals surface area contributed by atoms with E-state index in [9.17, 15) is 18.4 Å². The van der Waals surface area contributed by atoms with E-state index in [4.69, 9.17) is 5.11 Å². The van der Waals surface area contributed by atoms with Gasteiger partial charge in [0.15, 0.2) is 0 Å². The van der Waals surface area contributed by atoms with Gasteiger partial charge < -0.3 is 15.3 Å². The number of carboxylic acids is 1. The van der Waals surface area contributed by atoms with Crippen LogP contribution in [0.25, 0.3) is 0 Å². The topological polar surface area (TPSA) is 69.6 Å². The lowest BCUT2D eigenvalue weighted by atomic mass is 10.0. The van der Waals surface area contributed by atoms with E-state index in [1.54, 1.807) is 0 Å². The molecule has 0 bridgehead atoms. The molecule has 7 heteroatoms. The second kappa shape index (κ2) is 6.51. The third-order valence-electron chi connectivity index (χ3n) is 3.51. The molecule has 0 saturated carbocycles. The number of hydrogen-bond donors (Lipinski definition) is 2. The lowest BCUT2D eigenvalue weighted by molar-refractivity contribution is -0.137. The summed E-state index contributed by atoms with van der Waals surface area (Å²) in [6.07, 6.45) is 1.32. The van der Waals surface area contributed by atoms with E-state index in [1.165, 1.54) is 11.0 Å². The van der Waals surface area contributed by atoms with Crippen molar-refractivity contribution in [3.8, 4) is 0 Å². The second-order valence-corrected chi connectivity index (χ2v) is 5.09. The molecule has 0 aromatic heterocycles. The number of carboxylic acid groups (broad SMARTS) is 1. The highest BCUT2D eigenvalue weighted by Gasteiger charge is 2.26. The zero-order valence-corrected chi connectivity index (χ0v) is 11.3. The molecule has 1 fully saturated rings. The van der Waals surface area contributed by atoms with E-state index in [-0.39, 0.29) is 18.0 Å². The summed E-state index contributed by atoms with van der Waals surface area (Å²) in [6, 6.07) is 2.48.